The Morgan fingerprint density at radius 1 is 1.07 bits per heavy atom. The number of ether oxygens (including phenoxy) is 1. The van der Waals surface area contributed by atoms with Crippen molar-refractivity contribution in [1.82, 2.24) is 14.6 Å². The second kappa shape index (κ2) is 14.4. The van der Waals surface area contributed by atoms with Crippen molar-refractivity contribution in [2.24, 2.45) is 5.92 Å². The van der Waals surface area contributed by atoms with Gasteiger partial charge in [0.1, 0.15) is 5.75 Å². The predicted molar refractivity (Wildman–Crippen MR) is 177 cm³/mol. The number of hydrogen-bond acceptors (Lipinski definition) is 9. The van der Waals surface area contributed by atoms with Crippen molar-refractivity contribution in [3.63, 3.8) is 0 Å². The Balaban J connectivity index is 1.56. The molecule has 0 radical (unpaired) electrons. The molecule has 0 aliphatic carbocycles. The molecule has 0 saturated carbocycles. The first-order chi connectivity index (χ1) is 20.9. The summed E-state index contributed by atoms with van der Waals surface area (Å²) < 4.78 is 35.8. The third kappa shape index (κ3) is 8.26. The van der Waals surface area contributed by atoms with E-state index in [1.165, 1.54) is 21.7 Å². The number of nitrogens with two attached hydrogens (primary N) is 1. The molecule has 10 nitrogen and oxygen atoms in total. The van der Waals surface area contributed by atoms with Crippen LogP contribution < -0.4 is 21.1 Å². The van der Waals surface area contributed by atoms with E-state index >= 15 is 0 Å². The normalized spacial score (nSPS) is 13.3. The van der Waals surface area contributed by atoms with Crippen LogP contribution in [0.1, 0.15) is 30.5 Å². The van der Waals surface area contributed by atoms with Gasteiger partial charge in [-0.1, -0.05) is 55.5 Å². The summed E-state index contributed by atoms with van der Waals surface area (Å²) in [5, 5.41) is 18.1. The number of aromatic nitrogens is 1. The summed E-state index contributed by atoms with van der Waals surface area (Å²) in [5.41, 5.74) is 9.73. The first kappa shape index (κ1) is 33.2. The number of thiazole rings is 1. The standard InChI is InChI=1S/C32H41N5O5S2/c1-20(2)17-37(44(40,41)25-11-12-26-29(16-25)43-32(34-5)36-26)18-28(38)27(15-23-9-7-6-8-10-23)35-30(39)19-42-31-21(3)13-24(33)14-22(31)4/h6-14,16,20,27-28,38H,15,17-19,33H2,1-5H3,(H,34,36)(H,35,39)/t27-,28+/m0/s1. The highest BCUT2D eigenvalue weighted by Crippen LogP contribution is 2.30. The van der Waals surface area contributed by atoms with Crippen LogP contribution in [0, 0.1) is 19.8 Å². The smallest absolute Gasteiger partial charge is 0.258 e. The lowest BCUT2D eigenvalue weighted by atomic mass is 10.0. The van der Waals surface area contributed by atoms with E-state index in [4.69, 9.17) is 10.5 Å². The van der Waals surface area contributed by atoms with Crippen LogP contribution in [0.4, 0.5) is 10.8 Å². The molecule has 12 heteroatoms. The van der Waals surface area contributed by atoms with Crippen molar-refractivity contribution in [2.45, 2.75) is 51.2 Å². The number of carbonyl (C=O) groups excluding carboxylic acids is 1. The molecule has 0 fully saturated rings. The number of aliphatic hydroxyl groups is 1. The fourth-order valence-corrected chi connectivity index (χ4v) is 7.67. The van der Waals surface area contributed by atoms with Gasteiger partial charge in [-0.15, -0.1) is 0 Å². The van der Waals surface area contributed by atoms with E-state index in [-0.39, 0.29) is 30.5 Å². The van der Waals surface area contributed by atoms with Gasteiger partial charge in [0, 0.05) is 25.8 Å². The molecule has 3 aromatic carbocycles. The molecule has 0 aliphatic heterocycles. The maximum atomic E-state index is 13.9. The Labute approximate surface area is 263 Å². The van der Waals surface area contributed by atoms with Crippen molar-refractivity contribution < 1.29 is 23.1 Å². The van der Waals surface area contributed by atoms with Gasteiger partial charge in [-0.3, -0.25) is 4.79 Å². The van der Waals surface area contributed by atoms with Crippen molar-refractivity contribution in [3.8, 4) is 5.75 Å². The summed E-state index contributed by atoms with van der Waals surface area (Å²) in [6.07, 6.45) is -0.918. The zero-order valence-corrected chi connectivity index (χ0v) is 27.3. The zero-order chi connectivity index (χ0) is 32.0. The van der Waals surface area contributed by atoms with Crippen LogP contribution in [0.3, 0.4) is 0 Å². The van der Waals surface area contributed by atoms with Crippen LogP contribution in [0.25, 0.3) is 10.2 Å². The molecule has 0 unspecified atom stereocenters. The molecule has 44 heavy (non-hydrogen) atoms. The van der Waals surface area contributed by atoms with Crippen molar-refractivity contribution in [2.75, 3.05) is 37.8 Å². The van der Waals surface area contributed by atoms with Crippen LogP contribution in [0.15, 0.2) is 65.6 Å². The number of nitrogen functional groups attached to an aromatic ring is 1. The molecule has 0 spiro atoms. The molecular formula is C32H41N5O5S2. The van der Waals surface area contributed by atoms with E-state index < -0.39 is 28.1 Å². The highest BCUT2D eigenvalue weighted by atomic mass is 32.2. The number of carbonyl (C=O) groups is 1. The summed E-state index contributed by atoms with van der Waals surface area (Å²) in [4.78, 5) is 17.7. The molecule has 5 N–H and O–H groups in total. The van der Waals surface area contributed by atoms with Gasteiger partial charge in [-0.25, -0.2) is 13.4 Å². The summed E-state index contributed by atoms with van der Waals surface area (Å²) in [5.74, 6) is 0.125. The SMILES string of the molecule is CNc1nc2ccc(S(=O)(=O)N(CC(C)C)C[C@@H](O)[C@H](Cc3ccccc3)NC(=O)COc3c(C)cc(N)cc3C)cc2s1. The van der Waals surface area contributed by atoms with Crippen LogP contribution in [0.2, 0.25) is 0 Å². The van der Waals surface area contributed by atoms with Crippen molar-refractivity contribution in [1.29, 1.82) is 0 Å². The fourth-order valence-electron chi connectivity index (χ4n) is 5.08. The largest absolute Gasteiger partial charge is 0.483 e. The quantitative estimate of drug-likeness (QED) is 0.149. The second-order valence-electron chi connectivity index (χ2n) is 11.3. The molecule has 236 valence electrons. The van der Waals surface area contributed by atoms with E-state index in [2.05, 4.69) is 15.6 Å². The van der Waals surface area contributed by atoms with Crippen LogP contribution >= 0.6 is 11.3 Å². The average molecular weight is 640 g/mol. The lowest BCUT2D eigenvalue weighted by Crippen LogP contribution is -2.52. The molecule has 0 bridgehead atoms. The van der Waals surface area contributed by atoms with Crippen molar-refractivity contribution in [3.05, 3.63) is 77.4 Å². The third-order valence-electron chi connectivity index (χ3n) is 7.11. The van der Waals surface area contributed by atoms with Gasteiger partial charge in [0.2, 0.25) is 10.0 Å². The van der Waals surface area contributed by atoms with Gasteiger partial charge >= 0.3 is 0 Å². The molecule has 0 saturated heterocycles. The van der Waals surface area contributed by atoms with E-state index in [0.717, 1.165) is 21.4 Å². The van der Waals surface area contributed by atoms with E-state index in [9.17, 15) is 18.3 Å². The molecule has 1 aromatic heterocycles. The predicted octanol–water partition coefficient (Wildman–Crippen LogP) is 4.35. The van der Waals surface area contributed by atoms with Gasteiger partial charge in [-0.2, -0.15) is 4.31 Å². The number of aryl methyl sites for hydroxylation is 2. The van der Waals surface area contributed by atoms with E-state index in [0.29, 0.717) is 28.5 Å². The maximum absolute atomic E-state index is 13.9. The second-order valence-corrected chi connectivity index (χ2v) is 14.3. The molecule has 0 aliphatic rings. The van der Waals surface area contributed by atoms with Crippen LogP contribution in [0.5, 0.6) is 5.75 Å². The number of amides is 1. The summed E-state index contributed by atoms with van der Waals surface area (Å²) in [6.45, 7) is 7.25. The third-order valence-corrected chi connectivity index (χ3v) is 9.97. The molecular weight excluding hydrogens is 599 g/mol. The number of fused-ring (bicyclic) bond motifs is 1. The zero-order valence-electron chi connectivity index (χ0n) is 25.7. The number of hydrogen-bond donors (Lipinski definition) is 4. The first-order valence-electron chi connectivity index (χ1n) is 14.5. The number of nitrogens with zero attached hydrogens (tertiary/aromatic N) is 2. The Bertz CT molecular complexity index is 1670. The molecule has 1 heterocycles. The van der Waals surface area contributed by atoms with Gasteiger partial charge in [0.05, 0.1) is 27.3 Å². The fraction of sp³-hybridized carbons (Fsp3) is 0.375. The van der Waals surface area contributed by atoms with Gasteiger partial charge < -0.3 is 26.2 Å². The molecule has 4 rings (SSSR count). The monoisotopic (exact) mass is 639 g/mol. The minimum Gasteiger partial charge on any atom is -0.483 e. The Kier molecular flexibility index (Phi) is 10.8. The maximum Gasteiger partial charge on any atom is 0.258 e. The van der Waals surface area contributed by atoms with E-state index in [1.807, 2.05) is 58.0 Å². The summed E-state index contributed by atoms with van der Waals surface area (Å²) in [7, 11) is -2.23. The molecule has 4 aromatic rings. The number of nitrogens with one attached hydrogen (secondary N) is 2. The van der Waals surface area contributed by atoms with Crippen molar-refractivity contribution >= 4 is 48.3 Å². The summed E-state index contributed by atoms with van der Waals surface area (Å²) >= 11 is 1.37. The molecule has 2 atom stereocenters. The van der Waals surface area contributed by atoms with Crippen LogP contribution in [-0.2, 0) is 21.2 Å². The topological polar surface area (TPSA) is 147 Å². The average Bonchev–Trinajstić information content (AvgIpc) is 3.39. The number of sulfonamides is 1. The first-order valence-corrected chi connectivity index (χ1v) is 16.7. The number of aliphatic hydroxyl groups excluding tert-OH is 1. The lowest BCUT2D eigenvalue weighted by molar-refractivity contribution is -0.124. The van der Waals surface area contributed by atoms with Gasteiger partial charge in [0.25, 0.3) is 5.91 Å². The number of rotatable bonds is 14. The minimum absolute atomic E-state index is 0.0121. The highest BCUT2D eigenvalue weighted by Gasteiger charge is 2.32. The van der Waals surface area contributed by atoms with E-state index in [1.54, 1.807) is 31.3 Å². The minimum atomic E-state index is -3.99. The van der Waals surface area contributed by atoms with Crippen LogP contribution in [-0.4, -0.2) is 67.6 Å². The molecule has 1 amide bonds. The highest BCUT2D eigenvalue weighted by molar-refractivity contribution is 7.89. The number of anilines is 2. The Morgan fingerprint density at radius 3 is 2.39 bits per heavy atom. The number of benzene rings is 3. The summed E-state index contributed by atoms with van der Waals surface area (Å²) in [6, 6.07) is 17.0. The lowest BCUT2D eigenvalue weighted by Gasteiger charge is -2.30. The Hall–Kier alpha value is -3.71. The Morgan fingerprint density at radius 2 is 1.75 bits per heavy atom. The van der Waals surface area contributed by atoms with Gasteiger partial charge in [-0.05, 0) is 73.2 Å². The van der Waals surface area contributed by atoms with Gasteiger partial charge in [0.15, 0.2) is 11.7 Å².